The highest BCUT2D eigenvalue weighted by Gasteiger charge is 2.35. The van der Waals surface area contributed by atoms with Crippen LogP contribution in [-0.2, 0) is 27.2 Å². The number of nitrogens with zero attached hydrogens (tertiary/aromatic N) is 2. The van der Waals surface area contributed by atoms with Crippen LogP contribution in [0.5, 0.6) is 0 Å². The van der Waals surface area contributed by atoms with Gasteiger partial charge in [0, 0.05) is 18.2 Å². The molecule has 35 heavy (non-hydrogen) atoms. The second kappa shape index (κ2) is 9.31. The number of aldehydes is 1. The molecule has 0 aliphatic heterocycles. The molecule has 4 aromatic rings. The van der Waals surface area contributed by atoms with Gasteiger partial charge >= 0.3 is 6.18 Å². The Morgan fingerprint density at radius 2 is 1.71 bits per heavy atom. The first-order chi connectivity index (χ1) is 16.5. The number of halogens is 4. The molecule has 3 aromatic carbocycles. The lowest BCUT2D eigenvalue weighted by Gasteiger charge is -2.13. The molecule has 0 unspecified atom stereocenters. The first kappa shape index (κ1) is 24.7. The van der Waals surface area contributed by atoms with E-state index in [1.54, 1.807) is 54.6 Å². The van der Waals surface area contributed by atoms with Crippen molar-refractivity contribution >= 4 is 27.7 Å². The molecule has 0 amide bonds. The highest BCUT2D eigenvalue weighted by Crippen LogP contribution is 2.36. The lowest BCUT2D eigenvalue weighted by Crippen LogP contribution is -2.07. The van der Waals surface area contributed by atoms with Crippen molar-refractivity contribution in [3.8, 4) is 28.1 Å². The van der Waals surface area contributed by atoms with E-state index < -0.39 is 21.7 Å². The van der Waals surface area contributed by atoms with Gasteiger partial charge in [-0.05, 0) is 53.1 Å². The molecular weight excluding hydrogens is 501 g/mol. The molecule has 0 bridgehead atoms. The number of hydrogen-bond donors (Lipinski definition) is 0. The van der Waals surface area contributed by atoms with Crippen molar-refractivity contribution in [2.45, 2.75) is 17.5 Å². The summed E-state index contributed by atoms with van der Waals surface area (Å²) in [4.78, 5) is 11.5. The number of benzene rings is 3. The van der Waals surface area contributed by atoms with Crippen molar-refractivity contribution in [2.75, 3.05) is 6.26 Å². The summed E-state index contributed by atoms with van der Waals surface area (Å²) in [6.45, 7) is 0. The molecule has 5 nitrogen and oxygen atoms in total. The van der Waals surface area contributed by atoms with E-state index >= 15 is 0 Å². The minimum absolute atomic E-state index is 0.0291. The number of alkyl halides is 3. The number of rotatable bonds is 6. The molecule has 0 aliphatic rings. The van der Waals surface area contributed by atoms with Crippen LogP contribution in [0.3, 0.4) is 0 Å². The molecule has 180 valence electrons. The highest BCUT2D eigenvalue weighted by atomic mass is 35.5. The standard InChI is InChI=1S/C25H18ClF3N2O3S/c1-35(33,34)19-6-4-5-16(14-19)20-10-9-18(13-17(20)11-12-32)23-15-24(25(27,28)29)30-31(23)22-8-3-2-7-21(22)26/h2-10,12-15H,11H2,1H3. The largest absolute Gasteiger partial charge is 0.435 e. The van der Waals surface area contributed by atoms with Gasteiger partial charge in [-0.2, -0.15) is 18.3 Å². The van der Waals surface area contributed by atoms with E-state index in [1.165, 1.54) is 12.1 Å². The van der Waals surface area contributed by atoms with Gasteiger partial charge in [0.2, 0.25) is 0 Å². The Balaban J connectivity index is 1.91. The quantitative estimate of drug-likeness (QED) is 0.293. The van der Waals surface area contributed by atoms with Crippen LogP contribution in [0.4, 0.5) is 13.2 Å². The summed E-state index contributed by atoms with van der Waals surface area (Å²) in [5, 5.41) is 3.97. The van der Waals surface area contributed by atoms with Gasteiger partial charge in [-0.1, -0.05) is 48.0 Å². The molecule has 10 heteroatoms. The van der Waals surface area contributed by atoms with E-state index in [2.05, 4.69) is 5.10 Å². The van der Waals surface area contributed by atoms with E-state index in [4.69, 9.17) is 11.6 Å². The van der Waals surface area contributed by atoms with Crippen LogP contribution < -0.4 is 0 Å². The van der Waals surface area contributed by atoms with Crippen molar-refractivity contribution in [3.63, 3.8) is 0 Å². The summed E-state index contributed by atoms with van der Waals surface area (Å²) in [7, 11) is -3.46. The zero-order chi connectivity index (χ0) is 25.4. The van der Waals surface area contributed by atoms with Crippen LogP contribution in [0.25, 0.3) is 28.1 Å². The molecule has 0 saturated heterocycles. The molecule has 1 aromatic heterocycles. The van der Waals surface area contributed by atoms with Gasteiger partial charge < -0.3 is 4.79 Å². The summed E-state index contributed by atoms with van der Waals surface area (Å²) in [5.41, 5.74) is 1.36. The highest BCUT2D eigenvalue weighted by molar-refractivity contribution is 7.90. The van der Waals surface area contributed by atoms with Crippen molar-refractivity contribution in [2.24, 2.45) is 0 Å². The van der Waals surface area contributed by atoms with Gasteiger partial charge in [0.1, 0.15) is 6.29 Å². The first-order valence-electron chi connectivity index (χ1n) is 10.3. The van der Waals surface area contributed by atoms with E-state index in [1.807, 2.05) is 0 Å². The lowest BCUT2D eigenvalue weighted by molar-refractivity contribution is -0.141. The normalized spacial score (nSPS) is 12.0. The van der Waals surface area contributed by atoms with Crippen LogP contribution >= 0.6 is 11.6 Å². The Hall–Kier alpha value is -3.43. The zero-order valence-corrected chi connectivity index (χ0v) is 19.8. The van der Waals surface area contributed by atoms with E-state index in [9.17, 15) is 26.4 Å². The maximum atomic E-state index is 13.5. The minimum atomic E-state index is -4.68. The Bertz CT molecular complexity index is 1530. The van der Waals surface area contributed by atoms with Crippen molar-refractivity contribution in [3.05, 3.63) is 89.1 Å². The third-order valence-corrected chi connectivity index (χ3v) is 6.79. The van der Waals surface area contributed by atoms with Gasteiger partial charge in [-0.15, -0.1) is 0 Å². The van der Waals surface area contributed by atoms with Crippen LogP contribution in [-0.4, -0.2) is 30.7 Å². The summed E-state index contributed by atoms with van der Waals surface area (Å²) < 4.78 is 65.7. The third-order valence-electron chi connectivity index (χ3n) is 5.36. The fourth-order valence-electron chi connectivity index (χ4n) is 3.72. The lowest BCUT2D eigenvalue weighted by atomic mass is 9.95. The molecule has 1 heterocycles. The predicted molar refractivity (Wildman–Crippen MR) is 127 cm³/mol. The van der Waals surface area contributed by atoms with Crippen LogP contribution in [0.1, 0.15) is 11.3 Å². The summed E-state index contributed by atoms with van der Waals surface area (Å²) in [6, 6.07) is 18.4. The van der Waals surface area contributed by atoms with Gasteiger partial charge in [0.15, 0.2) is 15.5 Å². The van der Waals surface area contributed by atoms with Crippen molar-refractivity contribution in [1.82, 2.24) is 9.78 Å². The van der Waals surface area contributed by atoms with Crippen LogP contribution in [0, 0.1) is 0 Å². The molecule has 0 radical (unpaired) electrons. The second-order valence-corrected chi connectivity index (χ2v) is 10.2. The summed E-state index contributed by atoms with van der Waals surface area (Å²) in [5.74, 6) is 0. The first-order valence-corrected chi connectivity index (χ1v) is 12.6. The fourth-order valence-corrected chi connectivity index (χ4v) is 4.60. The molecule has 4 rings (SSSR count). The SMILES string of the molecule is CS(=O)(=O)c1cccc(-c2ccc(-c3cc(C(F)(F)F)nn3-c3ccccc3Cl)cc2CC=O)c1. The second-order valence-electron chi connectivity index (χ2n) is 7.82. The molecule has 0 fully saturated rings. The predicted octanol–water partition coefficient (Wildman–Crippen LogP) is 6.02. The van der Waals surface area contributed by atoms with Gasteiger partial charge in [-0.25, -0.2) is 13.1 Å². The van der Waals surface area contributed by atoms with E-state index in [0.717, 1.165) is 17.0 Å². The maximum Gasteiger partial charge on any atom is 0.435 e. The molecule has 0 spiro atoms. The summed E-state index contributed by atoms with van der Waals surface area (Å²) >= 11 is 6.24. The molecule has 0 aliphatic carbocycles. The van der Waals surface area contributed by atoms with Crippen molar-refractivity contribution < 1.29 is 26.4 Å². The monoisotopic (exact) mass is 518 g/mol. The average Bonchev–Trinajstić information content (AvgIpc) is 3.25. The maximum absolute atomic E-state index is 13.5. The average molecular weight is 519 g/mol. The van der Waals surface area contributed by atoms with E-state index in [0.29, 0.717) is 28.5 Å². The van der Waals surface area contributed by atoms with Gasteiger partial charge in [0.25, 0.3) is 0 Å². The van der Waals surface area contributed by atoms with Crippen LogP contribution in [0.2, 0.25) is 5.02 Å². The Labute approximate surface area is 204 Å². The number of hydrogen-bond acceptors (Lipinski definition) is 4. The zero-order valence-electron chi connectivity index (χ0n) is 18.3. The Morgan fingerprint density at radius 3 is 2.37 bits per heavy atom. The number of sulfone groups is 1. The Kier molecular flexibility index (Phi) is 6.57. The number of aromatic nitrogens is 2. The van der Waals surface area contributed by atoms with Crippen molar-refractivity contribution in [1.29, 1.82) is 0 Å². The molecule has 0 saturated carbocycles. The smallest absolute Gasteiger partial charge is 0.303 e. The summed E-state index contributed by atoms with van der Waals surface area (Å²) in [6.07, 6.45) is -2.94. The minimum Gasteiger partial charge on any atom is -0.303 e. The molecule has 0 N–H and O–H groups in total. The Morgan fingerprint density at radius 1 is 0.971 bits per heavy atom. The van der Waals surface area contributed by atoms with Crippen LogP contribution in [0.15, 0.2) is 77.7 Å². The van der Waals surface area contributed by atoms with Gasteiger partial charge in [0.05, 0.1) is 21.3 Å². The third kappa shape index (κ3) is 5.16. The van der Waals surface area contributed by atoms with Gasteiger partial charge in [-0.3, -0.25) is 0 Å². The molecular formula is C25H18ClF3N2O3S. The fraction of sp³-hybridized carbons (Fsp3) is 0.120. The van der Waals surface area contributed by atoms with E-state index in [-0.39, 0.29) is 27.7 Å². The molecule has 0 atom stereocenters. The number of para-hydroxylation sites is 1. The number of carbonyl (C=O) groups excluding carboxylic acids is 1. The topological polar surface area (TPSA) is 69.0 Å². The number of carbonyl (C=O) groups is 1.